The van der Waals surface area contributed by atoms with E-state index in [-0.39, 0.29) is 12.4 Å². The van der Waals surface area contributed by atoms with Crippen LogP contribution in [0.2, 0.25) is 0 Å². The first-order chi connectivity index (χ1) is 9.26. The fourth-order valence-electron chi connectivity index (χ4n) is 2.73. The summed E-state index contributed by atoms with van der Waals surface area (Å²) in [5, 5.41) is 9.19. The van der Waals surface area contributed by atoms with E-state index in [1.807, 2.05) is 0 Å². The predicted molar refractivity (Wildman–Crippen MR) is 70.1 cm³/mol. The summed E-state index contributed by atoms with van der Waals surface area (Å²) < 4.78 is 5.18. The second-order valence-corrected chi connectivity index (χ2v) is 4.88. The van der Waals surface area contributed by atoms with E-state index in [0.717, 1.165) is 18.4 Å². The number of hydrogen-bond acceptors (Lipinski definition) is 5. The lowest BCUT2D eigenvalue weighted by atomic mass is 10.1. The van der Waals surface area contributed by atoms with Crippen molar-refractivity contribution in [2.24, 2.45) is 5.84 Å². The third kappa shape index (κ3) is 3.34. The topological polar surface area (TPSA) is 91.7 Å². The van der Waals surface area contributed by atoms with Crippen molar-refractivity contribution in [1.29, 1.82) is 0 Å². The van der Waals surface area contributed by atoms with Gasteiger partial charge in [0.15, 0.2) is 5.76 Å². The monoisotopic (exact) mass is 267 g/mol. The van der Waals surface area contributed by atoms with Gasteiger partial charge in [-0.25, -0.2) is 5.84 Å². The van der Waals surface area contributed by atoms with Crippen molar-refractivity contribution in [3.63, 3.8) is 0 Å². The zero-order chi connectivity index (χ0) is 13.7. The molecule has 1 amide bonds. The number of furan rings is 1. The third-order valence-electron chi connectivity index (χ3n) is 3.69. The maximum atomic E-state index is 11.6. The zero-order valence-corrected chi connectivity index (χ0v) is 11.0. The van der Waals surface area contributed by atoms with Gasteiger partial charge in [-0.05, 0) is 18.9 Å². The van der Waals surface area contributed by atoms with Crippen molar-refractivity contribution in [3.8, 4) is 0 Å². The summed E-state index contributed by atoms with van der Waals surface area (Å²) in [6.45, 7) is 1.33. The van der Waals surface area contributed by atoms with Gasteiger partial charge in [-0.15, -0.1) is 0 Å². The second-order valence-electron chi connectivity index (χ2n) is 4.88. The first-order valence-electron chi connectivity index (χ1n) is 6.68. The number of nitrogens with one attached hydrogen (secondary N) is 1. The van der Waals surface area contributed by atoms with E-state index >= 15 is 0 Å². The Hall–Kier alpha value is -1.37. The van der Waals surface area contributed by atoms with E-state index in [9.17, 15) is 9.90 Å². The van der Waals surface area contributed by atoms with Gasteiger partial charge in [0, 0.05) is 24.7 Å². The van der Waals surface area contributed by atoms with Crippen molar-refractivity contribution < 1.29 is 14.3 Å². The average molecular weight is 267 g/mol. The van der Waals surface area contributed by atoms with Crippen LogP contribution in [0.1, 0.15) is 41.8 Å². The van der Waals surface area contributed by atoms with E-state index in [1.54, 1.807) is 6.07 Å². The quantitative estimate of drug-likeness (QED) is 0.399. The van der Waals surface area contributed by atoms with Crippen LogP contribution in [0.15, 0.2) is 16.7 Å². The largest absolute Gasteiger partial charge is 0.459 e. The van der Waals surface area contributed by atoms with E-state index < -0.39 is 5.91 Å². The molecule has 1 saturated carbocycles. The highest BCUT2D eigenvalue weighted by atomic mass is 16.3. The Balaban J connectivity index is 2.08. The summed E-state index contributed by atoms with van der Waals surface area (Å²) in [6.07, 6.45) is 6.25. The van der Waals surface area contributed by atoms with Gasteiger partial charge in [-0.3, -0.25) is 15.1 Å². The molecule has 0 bridgehead atoms. The van der Waals surface area contributed by atoms with E-state index in [4.69, 9.17) is 10.3 Å². The summed E-state index contributed by atoms with van der Waals surface area (Å²) >= 11 is 0. The summed E-state index contributed by atoms with van der Waals surface area (Å²) in [7, 11) is 0. The molecular weight excluding hydrogens is 246 g/mol. The van der Waals surface area contributed by atoms with Crippen LogP contribution in [0.3, 0.4) is 0 Å². The molecular formula is C13H21N3O3. The van der Waals surface area contributed by atoms with Crippen molar-refractivity contribution in [2.45, 2.75) is 38.3 Å². The molecule has 1 fully saturated rings. The highest BCUT2D eigenvalue weighted by Gasteiger charge is 2.24. The fourth-order valence-corrected chi connectivity index (χ4v) is 2.73. The Kier molecular flexibility index (Phi) is 4.95. The van der Waals surface area contributed by atoms with Crippen LogP contribution in [0.25, 0.3) is 0 Å². The first-order valence-corrected chi connectivity index (χ1v) is 6.68. The van der Waals surface area contributed by atoms with Crippen molar-refractivity contribution in [3.05, 3.63) is 23.7 Å². The van der Waals surface area contributed by atoms with Crippen LogP contribution in [0, 0.1) is 0 Å². The van der Waals surface area contributed by atoms with Crippen molar-refractivity contribution in [1.82, 2.24) is 10.3 Å². The third-order valence-corrected chi connectivity index (χ3v) is 3.69. The van der Waals surface area contributed by atoms with Gasteiger partial charge in [-0.2, -0.15) is 0 Å². The summed E-state index contributed by atoms with van der Waals surface area (Å²) in [5.74, 6) is 4.96. The molecule has 6 nitrogen and oxygen atoms in total. The Labute approximate surface area is 112 Å². The Bertz CT molecular complexity index is 413. The molecule has 2 rings (SSSR count). The molecule has 0 radical (unpaired) electrons. The van der Waals surface area contributed by atoms with Crippen LogP contribution in [-0.4, -0.2) is 35.1 Å². The first kappa shape index (κ1) is 14.0. The van der Waals surface area contributed by atoms with Crippen LogP contribution in [0.4, 0.5) is 0 Å². The normalized spacial score (nSPS) is 16.2. The standard InChI is InChI=1S/C13H21N3O3/c14-15-13(18)12-10(5-8-19-12)9-16(6-7-17)11-3-1-2-4-11/h5,8,11,17H,1-4,6-7,9,14H2,(H,15,18). The van der Waals surface area contributed by atoms with E-state index in [2.05, 4.69) is 10.3 Å². The van der Waals surface area contributed by atoms with Crippen LogP contribution in [-0.2, 0) is 6.54 Å². The molecule has 0 aliphatic heterocycles. The van der Waals surface area contributed by atoms with E-state index in [1.165, 1.54) is 19.1 Å². The van der Waals surface area contributed by atoms with E-state index in [0.29, 0.717) is 19.1 Å². The lowest BCUT2D eigenvalue weighted by Crippen LogP contribution is -2.36. The molecule has 1 aliphatic carbocycles. The van der Waals surface area contributed by atoms with Gasteiger partial charge in [0.1, 0.15) is 0 Å². The molecule has 0 atom stereocenters. The molecule has 0 saturated heterocycles. The van der Waals surface area contributed by atoms with Gasteiger partial charge >= 0.3 is 5.91 Å². The number of nitrogen functional groups attached to an aromatic ring is 1. The molecule has 6 heteroatoms. The van der Waals surface area contributed by atoms with Gasteiger partial charge in [-0.1, -0.05) is 12.8 Å². The van der Waals surface area contributed by atoms with Crippen molar-refractivity contribution >= 4 is 5.91 Å². The summed E-state index contributed by atoms with van der Waals surface area (Å²) in [6, 6.07) is 2.26. The number of nitrogens with zero attached hydrogens (tertiary/aromatic N) is 1. The fraction of sp³-hybridized carbons (Fsp3) is 0.615. The Morgan fingerprint density at radius 3 is 2.89 bits per heavy atom. The maximum absolute atomic E-state index is 11.6. The molecule has 1 aliphatic rings. The predicted octanol–water partition coefficient (Wildman–Crippen LogP) is 0.620. The summed E-state index contributed by atoms with van der Waals surface area (Å²) in [4.78, 5) is 13.8. The molecule has 1 heterocycles. The molecule has 1 aromatic rings. The highest BCUT2D eigenvalue weighted by molar-refractivity contribution is 5.92. The number of hydrazine groups is 1. The molecule has 0 aromatic carbocycles. The van der Waals surface area contributed by atoms with Gasteiger partial charge < -0.3 is 9.52 Å². The lowest BCUT2D eigenvalue weighted by molar-refractivity contribution is 0.0920. The number of aliphatic hydroxyl groups is 1. The molecule has 0 unspecified atom stereocenters. The minimum absolute atomic E-state index is 0.118. The number of aliphatic hydroxyl groups excluding tert-OH is 1. The van der Waals surface area contributed by atoms with Gasteiger partial charge in [0.2, 0.25) is 0 Å². The molecule has 19 heavy (non-hydrogen) atoms. The van der Waals surface area contributed by atoms with Crippen LogP contribution >= 0.6 is 0 Å². The number of nitrogens with two attached hydrogens (primary N) is 1. The SMILES string of the molecule is NNC(=O)c1occc1CN(CCO)C1CCCC1. The minimum Gasteiger partial charge on any atom is -0.459 e. The summed E-state index contributed by atoms with van der Waals surface area (Å²) in [5.41, 5.74) is 2.89. The van der Waals surface area contributed by atoms with Crippen LogP contribution in [0.5, 0.6) is 0 Å². The Morgan fingerprint density at radius 2 is 2.26 bits per heavy atom. The number of carbonyl (C=O) groups is 1. The van der Waals surface area contributed by atoms with Gasteiger partial charge in [0.25, 0.3) is 0 Å². The highest BCUT2D eigenvalue weighted by Crippen LogP contribution is 2.25. The van der Waals surface area contributed by atoms with Gasteiger partial charge in [0.05, 0.1) is 12.9 Å². The number of amides is 1. The second kappa shape index (κ2) is 6.70. The molecule has 1 aromatic heterocycles. The molecule has 4 N–H and O–H groups in total. The average Bonchev–Trinajstić information content (AvgIpc) is 3.08. The zero-order valence-electron chi connectivity index (χ0n) is 11.0. The molecule has 0 spiro atoms. The van der Waals surface area contributed by atoms with Crippen molar-refractivity contribution in [2.75, 3.05) is 13.2 Å². The number of rotatable bonds is 6. The number of carbonyl (C=O) groups excluding carboxylic acids is 1. The smallest absolute Gasteiger partial charge is 0.301 e. The minimum atomic E-state index is -0.421. The lowest BCUT2D eigenvalue weighted by Gasteiger charge is -2.27. The molecule has 106 valence electrons. The van der Waals surface area contributed by atoms with Crippen LogP contribution < -0.4 is 11.3 Å². The maximum Gasteiger partial charge on any atom is 0.301 e. The number of hydrogen-bond donors (Lipinski definition) is 3. The Morgan fingerprint density at radius 1 is 1.53 bits per heavy atom.